The van der Waals surface area contributed by atoms with Crippen LogP contribution in [0.25, 0.3) is 6.08 Å². The number of thioether (sulfide) groups is 1. The fourth-order valence-electron chi connectivity index (χ4n) is 2.58. The average molecular weight is 455 g/mol. The average Bonchev–Trinajstić information content (AvgIpc) is 2.92. The number of phenols is 1. The van der Waals surface area contributed by atoms with Gasteiger partial charge in [-0.2, -0.15) is 0 Å². The number of benzene rings is 2. The number of hydrogen-bond acceptors (Lipinski definition) is 7. The van der Waals surface area contributed by atoms with Gasteiger partial charge in [0.2, 0.25) is 0 Å². The van der Waals surface area contributed by atoms with Crippen LogP contribution in [-0.2, 0) is 11.3 Å². The first-order valence-electron chi connectivity index (χ1n) is 7.96. The van der Waals surface area contributed by atoms with Crippen molar-refractivity contribution < 1.29 is 24.4 Å². The molecule has 0 aliphatic carbocycles. The lowest BCUT2D eigenvalue weighted by atomic mass is 10.1. The fourth-order valence-corrected chi connectivity index (χ4v) is 3.88. The van der Waals surface area contributed by atoms with Crippen LogP contribution in [0.5, 0.6) is 11.5 Å². The maximum Gasteiger partial charge on any atom is 0.293 e. The normalized spacial score (nSPS) is 15.3. The first-order valence-corrected chi connectivity index (χ1v) is 9.53. The van der Waals surface area contributed by atoms with Gasteiger partial charge in [0.1, 0.15) is 0 Å². The Kier molecular flexibility index (Phi) is 6.02. The maximum absolute atomic E-state index is 12.7. The molecule has 1 aliphatic heterocycles. The molecule has 0 atom stereocenters. The lowest BCUT2D eigenvalue weighted by Gasteiger charge is -2.13. The molecule has 11 heteroatoms. The molecule has 0 unspecified atom stereocenters. The SMILES string of the molecule is COc1cc([N+](=O)[O-])cc(/C=C2\SC(=O)N(Cc3ccc(Cl)cc3Cl)C2=O)c1O. The summed E-state index contributed by atoms with van der Waals surface area (Å²) >= 11 is 12.6. The number of nitro groups is 1. The molecular formula is C18H12Cl2N2O6S. The molecule has 3 rings (SSSR count). The third-order valence-electron chi connectivity index (χ3n) is 4.02. The highest BCUT2D eigenvalue weighted by Gasteiger charge is 2.35. The van der Waals surface area contributed by atoms with Crippen LogP contribution < -0.4 is 4.74 Å². The number of nitro benzene ring substituents is 1. The number of carbonyl (C=O) groups excluding carboxylic acids is 2. The van der Waals surface area contributed by atoms with Crippen LogP contribution in [0.1, 0.15) is 11.1 Å². The summed E-state index contributed by atoms with van der Waals surface area (Å²) in [6, 6.07) is 6.84. The van der Waals surface area contributed by atoms with E-state index in [2.05, 4.69) is 0 Å². The summed E-state index contributed by atoms with van der Waals surface area (Å²) in [5.41, 5.74) is 0.170. The summed E-state index contributed by atoms with van der Waals surface area (Å²) in [6.07, 6.45) is 1.21. The zero-order valence-corrected chi connectivity index (χ0v) is 17.0. The van der Waals surface area contributed by atoms with Crippen LogP contribution in [0.2, 0.25) is 10.0 Å². The van der Waals surface area contributed by atoms with Crippen molar-refractivity contribution in [3.8, 4) is 11.5 Å². The molecule has 150 valence electrons. The van der Waals surface area contributed by atoms with Crippen molar-refractivity contribution >= 4 is 57.9 Å². The Morgan fingerprint density at radius 2 is 2.00 bits per heavy atom. The molecule has 2 aromatic carbocycles. The van der Waals surface area contributed by atoms with Gasteiger partial charge < -0.3 is 9.84 Å². The second-order valence-electron chi connectivity index (χ2n) is 5.85. The Balaban J connectivity index is 1.94. The van der Waals surface area contributed by atoms with Gasteiger partial charge in [-0.05, 0) is 35.5 Å². The first kappa shape index (κ1) is 21.0. The summed E-state index contributed by atoms with van der Waals surface area (Å²) in [7, 11) is 1.24. The molecular weight excluding hydrogens is 443 g/mol. The Morgan fingerprint density at radius 1 is 1.28 bits per heavy atom. The van der Waals surface area contributed by atoms with E-state index >= 15 is 0 Å². The van der Waals surface area contributed by atoms with Crippen molar-refractivity contribution in [2.45, 2.75) is 6.54 Å². The van der Waals surface area contributed by atoms with E-state index in [1.165, 1.54) is 19.3 Å². The van der Waals surface area contributed by atoms with Gasteiger partial charge in [0.15, 0.2) is 11.5 Å². The summed E-state index contributed by atoms with van der Waals surface area (Å²) in [5, 5.41) is 21.5. The number of methoxy groups -OCH3 is 1. The number of amides is 2. The van der Waals surface area contributed by atoms with Crippen LogP contribution >= 0.6 is 35.0 Å². The zero-order chi connectivity index (χ0) is 21.3. The number of hydrogen-bond donors (Lipinski definition) is 1. The molecule has 1 saturated heterocycles. The Bertz CT molecular complexity index is 1070. The van der Waals surface area contributed by atoms with Crippen molar-refractivity contribution in [1.82, 2.24) is 4.90 Å². The number of imide groups is 1. The molecule has 0 radical (unpaired) electrons. The van der Waals surface area contributed by atoms with E-state index in [0.717, 1.165) is 17.0 Å². The third-order valence-corrected chi connectivity index (χ3v) is 5.52. The predicted molar refractivity (Wildman–Crippen MR) is 109 cm³/mol. The quantitative estimate of drug-likeness (QED) is 0.390. The Hall–Kier alpha value is -2.75. The van der Waals surface area contributed by atoms with E-state index in [-0.39, 0.29) is 34.2 Å². The van der Waals surface area contributed by atoms with E-state index in [9.17, 15) is 24.8 Å². The molecule has 8 nitrogen and oxygen atoms in total. The zero-order valence-electron chi connectivity index (χ0n) is 14.7. The highest BCUT2D eigenvalue weighted by Crippen LogP contribution is 2.39. The van der Waals surface area contributed by atoms with E-state index < -0.39 is 16.1 Å². The van der Waals surface area contributed by atoms with E-state index in [4.69, 9.17) is 27.9 Å². The summed E-state index contributed by atoms with van der Waals surface area (Å²) < 4.78 is 4.93. The highest BCUT2D eigenvalue weighted by molar-refractivity contribution is 8.18. The van der Waals surface area contributed by atoms with Crippen LogP contribution in [0.4, 0.5) is 10.5 Å². The number of ether oxygens (including phenoxy) is 1. The second kappa shape index (κ2) is 8.32. The minimum absolute atomic E-state index is 0.00191. The molecule has 2 amide bonds. The van der Waals surface area contributed by atoms with Gasteiger partial charge in [-0.15, -0.1) is 0 Å². The van der Waals surface area contributed by atoms with Gasteiger partial charge in [0.25, 0.3) is 16.8 Å². The summed E-state index contributed by atoms with van der Waals surface area (Å²) in [5.74, 6) is -1.13. The maximum atomic E-state index is 12.7. The van der Waals surface area contributed by atoms with Gasteiger partial charge in [0.05, 0.1) is 29.5 Å². The van der Waals surface area contributed by atoms with Gasteiger partial charge in [-0.3, -0.25) is 24.6 Å². The number of nitrogens with zero attached hydrogens (tertiary/aromatic N) is 2. The molecule has 1 aliphatic rings. The van der Waals surface area contributed by atoms with Crippen molar-refractivity contribution in [1.29, 1.82) is 0 Å². The van der Waals surface area contributed by atoms with Gasteiger partial charge >= 0.3 is 0 Å². The summed E-state index contributed by atoms with van der Waals surface area (Å²) in [6.45, 7) is -0.0672. The molecule has 1 N–H and O–H groups in total. The molecule has 0 bridgehead atoms. The minimum atomic E-state index is -0.659. The highest BCUT2D eigenvalue weighted by atomic mass is 35.5. The molecule has 0 saturated carbocycles. The number of halogens is 2. The molecule has 1 fully saturated rings. The topological polar surface area (TPSA) is 110 Å². The van der Waals surface area contributed by atoms with Crippen LogP contribution in [0.15, 0.2) is 35.2 Å². The van der Waals surface area contributed by atoms with Crippen molar-refractivity contribution in [3.63, 3.8) is 0 Å². The standard InChI is InChI=1S/C18H12Cl2N2O6S/c1-28-14-7-12(22(26)27)4-10(16(14)23)5-15-17(24)21(18(25)29-15)8-9-2-3-11(19)6-13(9)20/h2-7,23H,8H2,1H3/b15-5-. The van der Waals surface area contributed by atoms with Gasteiger partial charge in [-0.1, -0.05) is 29.3 Å². The molecule has 2 aromatic rings. The summed E-state index contributed by atoms with van der Waals surface area (Å²) in [4.78, 5) is 36.4. The lowest BCUT2D eigenvalue weighted by Crippen LogP contribution is -2.27. The number of rotatable bonds is 5. The van der Waals surface area contributed by atoms with Gasteiger partial charge in [0, 0.05) is 21.7 Å². The molecule has 1 heterocycles. The molecule has 0 aromatic heterocycles. The van der Waals surface area contributed by atoms with Crippen LogP contribution in [-0.4, -0.2) is 33.2 Å². The van der Waals surface area contributed by atoms with Crippen molar-refractivity contribution in [2.24, 2.45) is 0 Å². The van der Waals surface area contributed by atoms with Crippen molar-refractivity contribution in [3.05, 3.63) is 66.5 Å². The van der Waals surface area contributed by atoms with E-state index in [1.54, 1.807) is 12.1 Å². The Morgan fingerprint density at radius 3 is 2.62 bits per heavy atom. The lowest BCUT2D eigenvalue weighted by molar-refractivity contribution is -0.385. The monoisotopic (exact) mass is 454 g/mol. The van der Waals surface area contributed by atoms with Gasteiger partial charge in [-0.25, -0.2) is 0 Å². The number of non-ortho nitro benzene ring substituents is 1. The third kappa shape index (κ3) is 4.31. The minimum Gasteiger partial charge on any atom is -0.504 e. The molecule has 0 spiro atoms. The smallest absolute Gasteiger partial charge is 0.293 e. The number of aromatic hydroxyl groups is 1. The molecule has 29 heavy (non-hydrogen) atoms. The predicted octanol–water partition coefficient (Wildman–Crippen LogP) is 4.85. The van der Waals surface area contributed by atoms with E-state index in [0.29, 0.717) is 27.4 Å². The second-order valence-corrected chi connectivity index (χ2v) is 7.68. The largest absolute Gasteiger partial charge is 0.504 e. The fraction of sp³-hybridized carbons (Fsp3) is 0.111. The Labute approximate surface area is 178 Å². The van der Waals surface area contributed by atoms with E-state index in [1.807, 2.05) is 0 Å². The first-order chi connectivity index (χ1) is 13.7. The van der Waals surface area contributed by atoms with Crippen LogP contribution in [0.3, 0.4) is 0 Å². The number of phenolic OH excluding ortho intramolecular Hbond substituents is 1. The van der Waals surface area contributed by atoms with Crippen LogP contribution in [0, 0.1) is 10.1 Å². The number of carbonyl (C=O) groups is 2. The van der Waals surface area contributed by atoms with Crippen molar-refractivity contribution in [2.75, 3.05) is 7.11 Å².